The second kappa shape index (κ2) is 14.5. The SMILES string of the molecule is C#Cc1c(F)ccc2cc(OC)cc(-c3nc4c5c(nc(OCC6(CCC)CCCN6C)nc5c3F)N3CC(CC)N(Cc5oc(=O)oc5C)CC3CC4)c12. The summed E-state index contributed by atoms with van der Waals surface area (Å²) in [5, 5.41) is 1.50. The van der Waals surface area contributed by atoms with Crippen molar-refractivity contribution in [2.45, 2.75) is 89.9 Å². The zero-order chi connectivity index (χ0) is 38.6. The molecule has 0 aliphatic carbocycles. The third kappa shape index (κ3) is 6.39. The van der Waals surface area contributed by atoms with Crippen molar-refractivity contribution in [1.82, 2.24) is 24.8 Å². The van der Waals surface area contributed by atoms with Gasteiger partial charge in [-0.2, -0.15) is 9.97 Å². The Labute approximate surface area is 318 Å². The second-order valence-electron chi connectivity index (χ2n) is 15.2. The van der Waals surface area contributed by atoms with Crippen LogP contribution in [0.15, 0.2) is 37.9 Å². The minimum atomic E-state index is -0.714. The van der Waals surface area contributed by atoms with Crippen molar-refractivity contribution >= 4 is 27.5 Å². The van der Waals surface area contributed by atoms with E-state index < -0.39 is 17.5 Å². The maximum atomic E-state index is 17.5. The molecule has 2 saturated heterocycles. The van der Waals surface area contributed by atoms with Crippen molar-refractivity contribution in [3.8, 4) is 35.4 Å². The quantitative estimate of drug-likeness (QED) is 0.137. The zero-order valence-corrected chi connectivity index (χ0v) is 32.0. The first-order valence-corrected chi connectivity index (χ1v) is 19.2. The normalized spacial score (nSPS) is 21.5. The summed E-state index contributed by atoms with van der Waals surface area (Å²) in [6.45, 7) is 9.00. The average Bonchev–Trinajstić information content (AvgIpc) is 3.66. The number of fused-ring (bicyclic) bond motifs is 3. The molecule has 8 rings (SSSR count). The molecular formula is C42H46F2N6O5. The summed E-state index contributed by atoms with van der Waals surface area (Å²) in [5.74, 6) is 2.51. The maximum absolute atomic E-state index is 17.5. The van der Waals surface area contributed by atoms with Gasteiger partial charge in [-0.1, -0.05) is 32.3 Å². The fourth-order valence-corrected chi connectivity index (χ4v) is 9.11. The van der Waals surface area contributed by atoms with E-state index in [0.29, 0.717) is 89.6 Å². The molecule has 288 valence electrons. The molecule has 6 heterocycles. The summed E-state index contributed by atoms with van der Waals surface area (Å²) >= 11 is 0. The van der Waals surface area contributed by atoms with Crippen molar-refractivity contribution in [2.24, 2.45) is 0 Å². The highest BCUT2D eigenvalue weighted by Gasteiger charge is 2.41. The molecule has 0 N–H and O–H groups in total. The third-order valence-corrected chi connectivity index (χ3v) is 12.1. The van der Waals surface area contributed by atoms with Crippen molar-refractivity contribution in [3.05, 3.63) is 69.3 Å². The molecule has 5 aromatic rings. The predicted octanol–water partition coefficient (Wildman–Crippen LogP) is 7.03. The second-order valence-corrected chi connectivity index (χ2v) is 15.2. The van der Waals surface area contributed by atoms with Gasteiger partial charge in [-0.15, -0.1) is 6.42 Å². The molecule has 13 heteroatoms. The molecule has 2 fully saturated rings. The number of methoxy groups -OCH3 is 1. The maximum Gasteiger partial charge on any atom is 0.519 e. The molecule has 3 unspecified atom stereocenters. The van der Waals surface area contributed by atoms with E-state index >= 15 is 8.78 Å². The van der Waals surface area contributed by atoms with Crippen LogP contribution in [-0.4, -0.2) is 82.8 Å². The highest BCUT2D eigenvalue weighted by molar-refractivity contribution is 6.03. The number of hydrogen-bond donors (Lipinski definition) is 0. The Morgan fingerprint density at radius 2 is 1.95 bits per heavy atom. The van der Waals surface area contributed by atoms with Crippen molar-refractivity contribution in [2.75, 3.05) is 45.3 Å². The molecule has 55 heavy (non-hydrogen) atoms. The van der Waals surface area contributed by atoms with Gasteiger partial charge in [0.05, 0.1) is 35.8 Å². The number of likely N-dealkylation sites (N-methyl/N-ethyl adjacent to an activating group) is 1. The van der Waals surface area contributed by atoms with Gasteiger partial charge < -0.3 is 23.2 Å². The lowest BCUT2D eigenvalue weighted by atomic mass is 9.92. The number of anilines is 1. The highest BCUT2D eigenvalue weighted by Crippen LogP contribution is 2.43. The van der Waals surface area contributed by atoms with E-state index in [1.54, 1.807) is 25.1 Å². The molecule has 0 saturated carbocycles. The van der Waals surface area contributed by atoms with Gasteiger partial charge >= 0.3 is 11.8 Å². The number of aromatic nitrogens is 3. The molecule has 3 atom stereocenters. The van der Waals surface area contributed by atoms with Crippen molar-refractivity contribution < 1.29 is 27.1 Å². The lowest BCUT2D eigenvalue weighted by Gasteiger charge is -2.46. The smallest absolute Gasteiger partial charge is 0.497 e. The molecule has 0 bridgehead atoms. The fourth-order valence-electron chi connectivity index (χ4n) is 9.11. The van der Waals surface area contributed by atoms with Crippen LogP contribution in [0.25, 0.3) is 32.9 Å². The van der Waals surface area contributed by atoms with Crippen LogP contribution in [0.2, 0.25) is 0 Å². The molecule has 0 spiro atoms. The topological polar surface area (TPSA) is 110 Å². The summed E-state index contributed by atoms with van der Waals surface area (Å²) in [7, 11) is 3.65. The molecule has 3 aliphatic rings. The summed E-state index contributed by atoms with van der Waals surface area (Å²) in [6, 6.07) is 6.42. The minimum absolute atomic E-state index is 0.000439. The van der Waals surface area contributed by atoms with E-state index in [1.807, 2.05) is 0 Å². The van der Waals surface area contributed by atoms with Crippen LogP contribution >= 0.6 is 0 Å². The van der Waals surface area contributed by atoms with Gasteiger partial charge in [-0.3, -0.25) is 9.80 Å². The van der Waals surface area contributed by atoms with Crippen LogP contribution in [0.3, 0.4) is 0 Å². The van der Waals surface area contributed by atoms with Gasteiger partial charge in [0.2, 0.25) is 0 Å². The number of nitrogens with zero attached hydrogens (tertiary/aromatic N) is 6. The molecule has 3 aromatic heterocycles. The number of rotatable bonds is 10. The first-order chi connectivity index (χ1) is 26.6. The van der Waals surface area contributed by atoms with E-state index in [-0.39, 0.29) is 40.4 Å². The molecule has 2 aromatic carbocycles. The molecule has 3 aliphatic heterocycles. The van der Waals surface area contributed by atoms with E-state index in [0.717, 1.165) is 38.6 Å². The summed E-state index contributed by atoms with van der Waals surface area (Å²) in [4.78, 5) is 33.8. The Bertz CT molecular complexity index is 2390. The monoisotopic (exact) mass is 752 g/mol. The standard InChI is InChI=1S/C42H46F2N6O5/c1-7-15-42(16-10-17-48(42)5)23-53-40-46-38-35-32(45-37(36(38)44)30-19-28(52-6)18-25-11-13-31(43)29(9-3)34(25)30)14-12-27-20-49(22-33-24(4)54-41(51)55-33)26(8-2)21-50(27)39(35)47-40/h3,11,13,18-19,26-27H,7-8,10,12,14-17,20-23H2,1-2,4-6H3. The van der Waals surface area contributed by atoms with E-state index in [9.17, 15) is 4.79 Å². The predicted molar refractivity (Wildman–Crippen MR) is 206 cm³/mol. The van der Waals surface area contributed by atoms with Gasteiger partial charge in [-0.25, -0.2) is 18.6 Å². The largest absolute Gasteiger partial charge is 0.519 e. The number of terminal acetylenes is 1. The van der Waals surface area contributed by atoms with Gasteiger partial charge in [0.25, 0.3) is 0 Å². The molecule has 0 radical (unpaired) electrons. The number of halogens is 2. The third-order valence-electron chi connectivity index (χ3n) is 12.1. The Kier molecular flexibility index (Phi) is 9.76. The van der Waals surface area contributed by atoms with E-state index in [2.05, 4.69) is 41.5 Å². The van der Waals surface area contributed by atoms with Gasteiger partial charge in [0, 0.05) is 36.1 Å². The first-order valence-electron chi connectivity index (χ1n) is 19.2. The summed E-state index contributed by atoms with van der Waals surface area (Å²) in [6.07, 6.45) is 11.8. The lowest BCUT2D eigenvalue weighted by molar-refractivity contribution is 0.0827. The number of ether oxygens (including phenoxy) is 2. The van der Waals surface area contributed by atoms with Crippen molar-refractivity contribution in [1.29, 1.82) is 0 Å². The number of aryl methyl sites for hydroxylation is 2. The summed E-state index contributed by atoms with van der Waals surface area (Å²) < 4.78 is 55.5. The van der Waals surface area contributed by atoms with Crippen LogP contribution in [0.5, 0.6) is 11.8 Å². The number of benzene rings is 2. The molecule has 0 amide bonds. The number of hydrogen-bond acceptors (Lipinski definition) is 11. The van der Waals surface area contributed by atoms with Crippen LogP contribution in [0.4, 0.5) is 14.6 Å². The Hall–Kier alpha value is -5.06. The minimum Gasteiger partial charge on any atom is -0.497 e. The first kappa shape index (κ1) is 36.9. The number of pyridine rings is 1. The van der Waals surface area contributed by atoms with Crippen LogP contribution in [0.1, 0.15) is 75.2 Å². The lowest BCUT2D eigenvalue weighted by Crippen LogP contribution is -2.58. The number of likely N-dealkylation sites (tertiary alicyclic amines) is 1. The fraction of sp³-hybridized carbons (Fsp3) is 0.476. The highest BCUT2D eigenvalue weighted by atomic mass is 19.1. The molecule has 11 nitrogen and oxygen atoms in total. The van der Waals surface area contributed by atoms with Crippen LogP contribution < -0.4 is 20.2 Å². The van der Waals surface area contributed by atoms with Gasteiger partial charge in [0.1, 0.15) is 41.0 Å². The Morgan fingerprint density at radius 1 is 1.11 bits per heavy atom. The summed E-state index contributed by atoms with van der Waals surface area (Å²) in [5.41, 5.74) is 0.872. The van der Waals surface area contributed by atoms with Crippen LogP contribution in [-0.2, 0) is 13.0 Å². The van der Waals surface area contributed by atoms with Crippen molar-refractivity contribution in [3.63, 3.8) is 0 Å². The van der Waals surface area contributed by atoms with Crippen LogP contribution in [0, 0.1) is 30.9 Å². The van der Waals surface area contributed by atoms with Gasteiger partial charge in [0.15, 0.2) is 11.6 Å². The Morgan fingerprint density at radius 3 is 2.64 bits per heavy atom. The average molecular weight is 753 g/mol. The molecular weight excluding hydrogens is 706 g/mol. The van der Waals surface area contributed by atoms with E-state index in [4.69, 9.17) is 39.7 Å². The van der Waals surface area contributed by atoms with E-state index in [1.165, 1.54) is 13.2 Å². The Balaban J connectivity index is 1.30. The zero-order valence-electron chi connectivity index (χ0n) is 32.0. The van der Waals surface area contributed by atoms with Gasteiger partial charge in [-0.05, 0) is 82.6 Å². The number of piperazine rings is 1.